The zero-order chi connectivity index (χ0) is 11.4. The standard InChI is InChI=1S/C8H7ClIN3O2/c9-4-1-2-6(10)5(3-4)7(14)12-13-8(11)15/h1-3H,(H,12,14)(H3,11,13,15). The number of amides is 3. The second-order valence-corrected chi connectivity index (χ2v) is 4.17. The SMILES string of the molecule is NC(=O)NNC(=O)c1cc(Cl)ccc1I. The number of hydrazine groups is 1. The molecular formula is C8H7ClIN3O2. The second kappa shape index (κ2) is 5.17. The fourth-order valence-corrected chi connectivity index (χ4v) is 1.61. The van der Waals surface area contributed by atoms with E-state index >= 15 is 0 Å². The molecule has 15 heavy (non-hydrogen) atoms. The van der Waals surface area contributed by atoms with Crippen molar-refractivity contribution >= 4 is 46.1 Å². The highest BCUT2D eigenvalue weighted by Crippen LogP contribution is 2.17. The molecule has 0 unspecified atom stereocenters. The minimum Gasteiger partial charge on any atom is -0.350 e. The molecule has 0 spiro atoms. The number of benzene rings is 1. The normalized spacial score (nSPS) is 9.47. The van der Waals surface area contributed by atoms with Gasteiger partial charge in [0.25, 0.3) is 5.91 Å². The first kappa shape index (κ1) is 12.1. The lowest BCUT2D eigenvalue weighted by molar-refractivity contribution is 0.0936. The molecule has 0 aliphatic heterocycles. The van der Waals surface area contributed by atoms with E-state index < -0.39 is 11.9 Å². The van der Waals surface area contributed by atoms with Crippen LogP contribution in [0.2, 0.25) is 5.02 Å². The fraction of sp³-hybridized carbons (Fsp3) is 0. The van der Waals surface area contributed by atoms with Crippen LogP contribution < -0.4 is 16.6 Å². The summed E-state index contributed by atoms with van der Waals surface area (Å²) in [5.74, 6) is -0.472. The Bertz CT molecular complexity index is 411. The van der Waals surface area contributed by atoms with Gasteiger partial charge in [0.05, 0.1) is 5.56 Å². The van der Waals surface area contributed by atoms with Crippen LogP contribution in [0.4, 0.5) is 4.79 Å². The highest BCUT2D eigenvalue weighted by Gasteiger charge is 2.10. The van der Waals surface area contributed by atoms with Crippen molar-refractivity contribution < 1.29 is 9.59 Å². The van der Waals surface area contributed by atoms with Gasteiger partial charge in [-0.3, -0.25) is 10.2 Å². The number of urea groups is 1. The summed E-state index contributed by atoms with van der Waals surface area (Å²) in [7, 11) is 0. The number of halogens is 2. The number of rotatable bonds is 1. The summed E-state index contributed by atoms with van der Waals surface area (Å²) < 4.78 is 0.723. The number of hydrogen-bond acceptors (Lipinski definition) is 2. The maximum atomic E-state index is 11.5. The van der Waals surface area contributed by atoms with E-state index in [2.05, 4.69) is 5.43 Å². The van der Waals surface area contributed by atoms with Gasteiger partial charge in [0.2, 0.25) is 0 Å². The van der Waals surface area contributed by atoms with Crippen LogP contribution in [-0.4, -0.2) is 11.9 Å². The molecule has 1 rings (SSSR count). The molecule has 1 aromatic carbocycles. The Balaban J connectivity index is 2.81. The molecule has 4 N–H and O–H groups in total. The number of primary amides is 1. The molecular weight excluding hydrogens is 332 g/mol. The van der Waals surface area contributed by atoms with E-state index in [4.69, 9.17) is 17.3 Å². The highest BCUT2D eigenvalue weighted by atomic mass is 127. The zero-order valence-corrected chi connectivity index (χ0v) is 10.3. The Morgan fingerprint density at radius 3 is 2.60 bits per heavy atom. The van der Waals surface area contributed by atoms with E-state index in [-0.39, 0.29) is 0 Å². The van der Waals surface area contributed by atoms with Gasteiger partial charge < -0.3 is 5.73 Å². The van der Waals surface area contributed by atoms with Crippen LogP contribution in [0.3, 0.4) is 0 Å². The first-order chi connectivity index (χ1) is 7.00. The summed E-state index contributed by atoms with van der Waals surface area (Å²) in [6.07, 6.45) is 0. The maximum absolute atomic E-state index is 11.5. The Kier molecular flexibility index (Phi) is 4.15. The molecule has 0 radical (unpaired) electrons. The molecule has 0 aliphatic carbocycles. The van der Waals surface area contributed by atoms with Crippen molar-refractivity contribution in [3.8, 4) is 0 Å². The highest BCUT2D eigenvalue weighted by molar-refractivity contribution is 14.1. The Labute approximate surface area is 104 Å². The van der Waals surface area contributed by atoms with Gasteiger partial charge in [-0.15, -0.1) is 0 Å². The van der Waals surface area contributed by atoms with Crippen LogP contribution in [0, 0.1) is 3.57 Å². The van der Waals surface area contributed by atoms with Gasteiger partial charge in [0.15, 0.2) is 0 Å². The predicted molar refractivity (Wildman–Crippen MR) is 64.4 cm³/mol. The summed E-state index contributed by atoms with van der Waals surface area (Å²) in [5, 5.41) is 0.444. The molecule has 1 aromatic rings. The topological polar surface area (TPSA) is 84.2 Å². The molecule has 0 aliphatic rings. The molecule has 0 fully saturated rings. The molecule has 0 atom stereocenters. The number of carbonyl (C=O) groups excluding carboxylic acids is 2. The summed E-state index contributed by atoms with van der Waals surface area (Å²) in [5.41, 5.74) is 9.29. The van der Waals surface area contributed by atoms with Gasteiger partial charge in [-0.2, -0.15) is 0 Å². The quantitative estimate of drug-likeness (QED) is 0.531. The average Bonchev–Trinajstić information content (AvgIpc) is 2.18. The van der Waals surface area contributed by atoms with Gasteiger partial charge in [-0.25, -0.2) is 10.2 Å². The monoisotopic (exact) mass is 339 g/mol. The fourth-order valence-electron chi connectivity index (χ4n) is 0.857. The van der Waals surface area contributed by atoms with E-state index in [1.54, 1.807) is 12.1 Å². The smallest absolute Gasteiger partial charge is 0.330 e. The van der Waals surface area contributed by atoms with Gasteiger partial charge in [-0.1, -0.05) is 11.6 Å². The average molecular weight is 340 g/mol. The molecule has 7 heteroatoms. The van der Waals surface area contributed by atoms with E-state index in [0.717, 1.165) is 3.57 Å². The molecule has 0 heterocycles. The molecule has 0 saturated carbocycles. The zero-order valence-electron chi connectivity index (χ0n) is 7.38. The first-order valence-electron chi connectivity index (χ1n) is 3.81. The summed E-state index contributed by atoms with van der Waals surface area (Å²) in [6.45, 7) is 0. The van der Waals surface area contributed by atoms with Gasteiger partial charge in [-0.05, 0) is 40.8 Å². The van der Waals surface area contributed by atoms with Crippen LogP contribution in [0.5, 0.6) is 0 Å². The van der Waals surface area contributed by atoms with Gasteiger partial charge >= 0.3 is 6.03 Å². The van der Waals surface area contributed by atoms with Crippen molar-refractivity contribution in [3.05, 3.63) is 32.4 Å². The van der Waals surface area contributed by atoms with Crippen LogP contribution in [-0.2, 0) is 0 Å². The van der Waals surface area contributed by atoms with Crippen LogP contribution >= 0.6 is 34.2 Å². The Morgan fingerprint density at radius 1 is 1.33 bits per heavy atom. The predicted octanol–water partition coefficient (Wildman–Crippen LogP) is 1.26. The maximum Gasteiger partial charge on any atom is 0.330 e. The van der Waals surface area contributed by atoms with Crippen molar-refractivity contribution in [2.75, 3.05) is 0 Å². The molecule has 0 aromatic heterocycles. The largest absolute Gasteiger partial charge is 0.350 e. The third-order valence-corrected chi connectivity index (χ3v) is 2.65. The summed E-state index contributed by atoms with van der Waals surface area (Å²) >= 11 is 7.71. The summed E-state index contributed by atoms with van der Waals surface area (Å²) in [4.78, 5) is 21.8. The Hall–Kier alpha value is -1.02. The van der Waals surface area contributed by atoms with Crippen LogP contribution in [0.1, 0.15) is 10.4 Å². The van der Waals surface area contributed by atoms with Gasteiger partial charge in [0, 0.05) is 8.59 Å². The number of nitrogens with two attached hydrogens (primary N) is 1. The third-order valence-electron chi connectivity index (χ3n) is 1.47. The number of hydrogen-bond donors (Lipinski definition) is 3. The van der Waals surface area contributed by atoms with Crippen LogP contribution in [0.15, 0.2) is 18.2 Å². The minimum atomic E-state index is -0.833. The van der Waals surface area contributed by atoms with E-state index in [1.807, 2.05) is 28.0 Å². The van der Waals surface area contributed by atoms with Crippen molar-refractivity contribution in [1.82, 2.24) is 10.9 Å². The summed E-state index contributed by atoms with van der Waals surface area (Å²) in [6, 6.07) is 4.03. The first-order valence-corrected chi connectivity index (χ1v) is 5.27. The number of nitrogens with one attached hydrogen (secondary N) is 2. The second-order valence-electron chi connectivity index (χ2n) is 2.57. The van der Waals surface area contributed by atoms with Crippen molar-refractivity contribution in [2.24, 2.45) is 5.73 Å². The van der Waals surface area contributed by atoms with E-state index in [1.165, 1.54) is 6.07 Å². The van der Waals surface area contributed by atoms with Crippen molar-refractivity contribution in [3.63, 3.8) is 0 Å². The van der Waals surface area contributed by atoms with Crippen molar-refractivity contribution in [1.29, 1.82) is 0 Å². The minimum absolute atomic E-state index is 0.372. The molecule has 5 nitrogen and oxygen atoms in total. The van der Waals surface area contributed by atoms with Gasteiger partial charge in [0.1, 0.15) is 0 Å². The van der Waals surface area contributed by atoms with E-state index in [9.17, 15) is 9.59 Å². The third kappa shape index (κ3) is 3.56. The molecule has 0 bridgehead atoms. The van der Waals surface area contributed by atoms with Crippen molar-refractivity contribution in [2.45, 2.75) is 0 Å². The molecule has 0 saturated heterocycles. The lowest BCUT2D eigenvalue weighted by atomic mass is 10.2. The van der Waals surface area contributed by atoms with Crippen LogP contribution in [0.25, 0.3) is 0 Å². The number of carbonyl (C=O) groups is 2. The Morgan fingerprint density at radius 2 is 2.00 bits per heavy atom. The lowest BCUT2D eigenvalue weighted by Crippen LogP contribution is -2.44. The van der Waals surface area contributed by atoms with E-state index in [0.29, 0.717) is 10.6 Å². The lowest BCUT2D eigenvalue weighted by Gasteiger charge is -2.06. The molecule has 80 valence electrons. The molecule has 3 amide bonds.